The molecular weight excluding hydrogens is 186 g/mol. The molecule has 1 aliphatic heterocycles. The molecule has 0 amide bonds. The Morgan fingerprint density at radius 1 is 1.20 bits per heavy atom. The van der Waals surface area contributed by atoms with Crippen LogP contribution in [0.3, 0.4) is 0 Å². The zero-order valence-electron chi connectivity index (χ0n) is 9.20. The van der Waals surface area contributed by atoms with Gasteiger partial charge < -0.3 is 4.90 Å². The highest BCUT2D eigenvalue weighted by Gasteiger charge is 2.12. The number of benzene rings is 1. The van der Waals surface area contributed by atoms with E-state index in [4.69, 9.17) is 0 Å². The third-order valence-corrected chi connectivity index (χ3v) is 2.98. The topological polar surface area (TPSA) is 20.3 Å². The second-order valence-corrected chi connectivity index (χ2v) is 4.02. The molecule has 0 aliphatic carbocycles. The quantitative estimate of drug-likeness (QED) is 0.704. The molecule has 0 N–H and O–H groups in total. The van der Waals surface area contributed by atoms with E-state index in [0.717, 1.165) is 18.7 Å². The highest BCUT2D eigenvalue weighted by Crippen LogP contribution is 2.20. The van der Waals surface area contributed by atoms with Crippen molar-refractivity contribution in [2.75, 3.05) is 18.0 Å². The van der Waals surface area contributed by atoms with E-state index in [1.807, 2.05) is 19.1 Å². The molecule has 1 fully saturated rings. The molecular formula is C13H17NO. The van der Waals surface area contributed by atoms with E-state index in [0.29, 0.717) is 6.42 Å². The molecule has 1 aromatic rings. The van der Waals surface area contributed by atoms with Crippen LogP contribution in [0.25, 0.3) is 0 Å². The van der Waals surface area contributed by atoms with Crippen LogP contribution in [-0.4, -0.2) is 18.9 Å². The number of hydrogen-bond acceptors (Lipinski definition) is 2. The molecule has 80 valence electrons. The Balaban J connectivity index is 2.12. The first-order chi connectivity index (χ1) is 7.31. The monoisotopic (exact) mass is 203 g/mol. The summed E-state index contributed by atoms with van der Waals surface area (Å²) in [7, 11) is 0. The molecule has 1 saturated heterocycles. The fourth-order valence-corrected chi connectivity index (χ4v) is 2.04. The zero-order valence-corrected chi connectivity index (χ0v) is 9.20. The molecule has 0 unspecified atom stereocenters. The summed E-state index contributed by atoms with van der Waals surface area (Å²) in [6.07, 6.45) is 3.16. The van der Waals surface area contributed by atoms with Gasteiger partial charge in [-0.05, 0) is 37.1 Å². The largest absolute Gasteiger partial charge is 0.372 e. The van der Waals surface area contributed by atoms with Crippen LogP contribution < -0.4 is 4.90 Å². The van der Waals surface area contributed by atoms with Gasteiger partial charge in [0.2, 0.25) is 0 Å². The first-order valence-electron chi connectivity index (χ1n) is 5.69. The summed E-state index contributed by atoms with van der Waals surface area (Å²) in [5.74, 6) is 0.225. The average molecular weight is 203 g/mol. The van der Waals surface area contributed by atoms with Crippen LogP contribution in [0.4, 0.5) is 5.69 Å². The van der Waals surface area contributed by atoms with Crippen LogP contribution in [0.15, 0.2) is 24.3 Å². The van der Waals surface area contributed by atoms with Crippen LogP contribution in [0.1, 0.15) is 36.5 Å². The second kappa shape index (κ2) is 4.47. The second-order valence-electron chi connectivity index (χ2n) is 4.02. The lowest BCUT2D eigenvalue weighted by Crippen LogP contribution is -2.17. The van der Waals surface area contributed by atoms with Crippen molar-refractivity contribution in [1.82, 2.24) is 0 Å². The molecule has 0 radical (unpaired) electrons. The Labute approximate surface area is 90.9 Å². The smallest absolute Gasteiger partial charge is 0.162 e. The fourth-order valence-electron chi connectivity index (χ4n) is 2.04. The van der Waals surface area contributed by atoms with Crippen molar-refractivity contribution in [2.24, 2.45) is 0 Å². The van der Waals surface area contributed by atoms with Gasteiger partial charge in [-0.25, -0.2) is 0 Å². The minimum Gasteiger partial charge on any atom is -0.372 e. The predicted octanol–water partition coefficient (Wildman–Crippen LogP) is 2.88. The number of Topliss-reactive ketones (excluding diaryl/α,β-unsaturated/α-hetero) is 1. The lowest BCUT2D eigenvalue weighted by Gasteiger charge is -2.17. The molecule has 0 saturated carbocycles. The first-order valence-corrected chi connectivity index (χ1v) is 5.69. The van der Waals surface area contributed by atoms with E-state index in [1.54, 1.807) is 0 Å². The van der Waals surface area contributed by atoms with Crippen molar-refractivity contribution in [3.05, 3.63) is 29.8 Å². The Kier molecular flexibility index (Phi) is 3.05. The van der Waals surface area contributed by atoms with Crippen LogP contribution in [0, 0.1) is 0 Å². The van der Waals surface area contributed by atoms with Crippen molar-refractivity contribution >= 4 is 11.5 Å². The van der Waals surface area contributed by atoms with Gasteiger partial charge in [-0.2, -0.15) is 0 Å². The van der Waals surface area contributed by atoms with Crippen LogP contribution >= 0.6 is 0 Å². The van der Waals surface area contributed by atoms with Gasteiger partial charge in [0, 0.05) is 30.8 Å². The van der Waals surface area contributed by atoms with Crippen molar-refractivity contribution in [3.8, 4) is 0 Å². The van der Waals surface area contributed by atoms with Crippen molar-refractivity contribution < 1.29 is 4.79 Å². The van der Waals surface area contributed by atoms with E-state index in [1.165, 1.54) is 18.5 Å². The number of rotatable bonds is 3. The summed E-state index contributed by atoms with van der Waals surface area (Å²) >= 11 is 0. The van der Waals surface area contributed by atoms with Gasteiger partial charge >= 0.3 is 0 Å². The lowest BCUT2D eigenvalue weighted by atomic mass is 10.1. The summed E-state index contributed by atoms with van der Waals surface area (Å²) in [4.78, 5) is 13.8. The van der Waals surface area contributed by atoms with E-state index < -0.39 is 0 Å². The zero-order chi connectivity index (χ0) is 10.7. The molecule has 0 bridgehead atoms. The van der Waals surface area contributed by atoms with Gasteiger partial charge in [-0.3, -0.25) is 4.79 Å². The van der Waals surface area contributed by atoms with Crippen molar-refractivity contribution in [1.29, 1.82) is 0 Å². The summed E-state index contributed by atoms with van der Waals surface area (Å²) in [6, 6.07) is 8.02. The van der Waals surface area contributed by atoms with Crippen LogP contribution in [0.2, 0.25) is 0 Å². The van der Waals surface area contributed by atoms with Crippen molar-refractivity contribution in [2.45, 2.75) is 26.2 Å². The predicted molar refractivity (Wildman–Crippen MR) is 62.5 cm³/mol. The summed E-state index contributed by atoms with van der Waals surface area (Å²) < 4.78 is 0. The molecule has 2 rings (SSSR count). The number of carbonyl (C=O) groups excluding carboxylic acids is 1. The molecule has 15 heavy (non-hydrogen) atoms. The van der Waals surface area contributed by atoms with Gasteiger partial charge in [0.1, 0.15) is 0 Å². The number of nitrogens with zero attached hydrogens (tertiary/aromatic N) is 1. The molecule has 0 spiro atoms. The minimum absolute atomic E-state index is 0.225. The summed E-state index contributed by atoms with van der Waals surface area (Å²) in [5.41, 5.74) is 2.08. The standard InChI is InChI=1S/C13H17NO/c1-2-13(15)11-5-7-12(8-6-11)14-9-3-4-10-14/h5-8H,2-4,9-10H2,1H3. The maximum absolute atomic E-state index is 11.4. The molecule has 0 atom stereocenters. The minimum atomic E-state index is 0.225. The van der Waals surface area contributed by atoms with Crippen molar-refractivity contribution in [3.63, 3.8) is 0 Å². The van der Waals surface area contributed by atoms with Gasteiger partial charge in [0.05, 0.1) is 0 Å². The van der Waals surface area contributed by atoms with Gasteiger partial charge in [0.25, 0.3) is 0 Å². The average Bonchev–Trinajstić information content (AvgIpc) is 2.82. The van der Waals surface area contributed by atoms with Gasteiger partial charge in [-0.1, -0.05) is 6.92 Å². The highest BCUT2D eigenvalue weighted by molar-refractivity contribution is 5.96. The number of hydrogen-bond donors (Lipinski definition) is 0. The maximum Gasteiger partial charge on any atom is 0.162 e. The van der Waals surface area contributed by atoms with Crippen LogP contribution in [-0.2, 0) is 0 Å². The van der Waals surface area contributed by atoms with Gasteiger partial charge in [-0.15, -0.1) is 0 Å². The summed E-state index contributed by atoms with van der Waals surface area (Å²) in [6.45, 7) is 4.21. The molecule has 1 heterocycles. The Morgan fingerprint density at radius 2 is 1.80 bits per heavy atom. The van der Waals surface area contributed by atoms with Gasteiger partial charge in [0.15, 0.2) is 5.78 Å². The normalized spacial score (nSPS) is 15.7. The van der Waals surface area contributed by atoms with E-state index in [-0.39, 0.29) is 5.78 Å². The summed E-state index contributed by atoms with van der Waals surface area (Å²) in [5, 5.41) is 0. The number of carbonyl (C=O) groups is 1. The molecule has 2 heteroatoms. The highest BCUT2D eigenvalue weighted by atomic mass is 16.1. The first kappa shape index (κ1) is 10.2. The lowest BCUT2D eigenvalue weighted by molar-refractivity contribution is 0.0988. The Morgan fingerprint density at radius 3 is 2.33 bits per heavy atom. The van der Waals surface area contributed by atoms with Crippen LogP contribution in [0.5, 0.6) is 0 Å². The maximum atomic E-state index is 11.4. The fraction of sp³-hybridized carbons (Fsp3) is 0.462. The Hall–Kier alpha value is -1.31. The molecule has 1 aliphatic rings. The molecule has 1 aromatic carbocycles. The SMILES string of the molecule is CCC(=O)c1ccc(N2CCCC2)cc1. The van der Waals surface area contributed by atoms with E-state index in [2.05, 4.69) is 17.0 Å². The number of anilines is 1. The molecule has 2 nitrogen and oxygen atoms in total. The number of ketones is 1. The van der Waals surface area contributed by atoms with E-state index >= 15 is 0 Å². The molecule has 0 aromatic heterocycles. The third kappa shape index (κ3) is 2.20. The Bertz CT molecular complexity index is 336. The third-order valence-electron chi connectivity index (χ3n) is 2.98. The van der Waals surface area contributed by atoms with E-state index in [9.17, 15) is 4.79 Å².